The fourth-order valence-electron chi connectivity index (χ4n) is 5.26. The summed E-state index contributed by atoms with van der Waals surface area (Å²) in [5.41, 5.74) is 2.86. The lowest BCUT2D eigenvalue weighted by molar-refractivity contribution is -0.149. The van der Waals surface area contributed by atoms with E-state index in [0.717, 1.165) is 38.0 Å². The van der Waals surface area contributed by atoms with Crippen molar-refractivity contribution in [2.75, 3.05) is 44.2 Å². The number of hydroxylamine groups is 1. The molecule has 3 fully saturated rings. The molecule has 3 atom stereocenters. The molecule has 0 aromatic heterocycles. The first-order valence-electron chi connectivity index (χ1n) is 12.0. The monoisotopic (exact) mass is 458 g/mol. The van der Waals surface area contributed by atoms with E-state index in [9.17, 15) is 19.6 Å². The summed E-state index contributed by atoms with van der Waals surface area (Å²) in [6.07, 6.45) is 3.53. The predicted octanol–water partition coefficient (Wildman–Crippen LogP) is 2.25. The first kappa shape index (κ1) is 23.4. The molecule has 1 aliphatic carbocycles. The minimum absolute atomic E-state index is 0.0582. The number of nitrogens with zero attached hydrogens (tertiary/aromatic N) is 3. The number of nitrogens with one attached hydrogen (secondary N) is 1. The van der Waals surface area contributed by atoms with E-state index < -0.39 is 23.8 Å². The Hall–Kier alpha value is -2.81. The molecule has 2 heterocycles. The highest BCUT2D eigenvalue weighted by molar-refractivity contribution is 5.87. The number of para-hydroxylation sites is 1. The number of carbonyl (C=O) groups is 3. The van der Waals surface area contributed by atoms with Gasteiger partial charge in [0.25, 0.3) is 0 Å². The molecule has 0 spiro atoms. The quantitative estimate of drug-likeness (QED) is 0.530. The van der Waals surface area contributed by atoms with Gasteiger partial charge in [-0.2, -0.15) is 0 Å². The molecule has 33 heavy (non-hydrogen) atoms. The molecule has 180 valence electrons. The topological polar surface area (TPSA) is 102 Å². The molecule has 4 rings (SSSR count). The minimum Gasteiger partial charge on any atom is -0.446 e. The average molecular weight is 459 g/mol. The maximum atomic E-state index is 13.3. The molecule has 0 radical (unpaired) electrons. The summed E-state index contributed by atoms with van der Waals surface area (Å²) in [6.45, 7) is 4.03. The van der Waals surface area contributed by atoms with E-state index in [1.807, 2.05) is 23.1 Å². The summed E-state index contributed by atoms with van der Waals surface area (Å²) < 4.78 is 5.69. The molecule has 0 bridgehead atoms. The van der Waals surface area contributed by atoms with Crippen LogP contribution in [0, 0.1) is 11.8 Å². The van der Waals surface area contributed by atoms with E-state index >= 15 is 0 Å². The predicted molar refractivity (Wildman–Crippen MR) is 122 cm³/mol. The van der Waals surface area contributed by atoms with Gasteiger partial charge in [0.05, 0.1) is 11.8 Å². The highest BCUT2D eigenvalue weighted by atomic mass is 16.6. The lowest BCUT2D eigenvalue weighted by Crippen LogP contribution is -2.53. The van der Waals surface area contributed by atoms with Gasteiger partial charge in [0.15, 0.2) is 0 Å². The lowest BCUT2D eigenvalue weighted by Gasteiger charge is -2.40. The first-order chi connectivity index (χ1) is 16.1. The van der Waals surface area contributed by atoms with Crippen LogP contribution < -0.4 is 10.4 Å². The third kappa shape index (κ3) is 5.58. The molecule has 2 aliphatic heterocycles. The number of anilines is 1. The van der Waals surface area contributed by atoms with Crippen molar-refractivity contribution >= 4 is 23.6 Å². The summed E-state index contributed by atoms with van der Waals surface area (Å²) in [5, 5.41) is 9.28. The molecule has 1 aromatic carbocycles. The van der Waals surface area contributed by atoms with Crippen LogP contribution in [0.25, 0.3) is 0 Å². The van der Waals surface area contributed by atoms with Crippen molar-refractivity contribution < 1.29 is 24.3 Å². The Bertz CT molecular complexity index is 821. The summed E-state index contributed by atoms with van der Waals surface area (Å²) in [6, 6.07) is 10.1. The third-order valence-electron chi connectivity index (χ3n) is 7.16. The number of likely N-dealkylation sites (tertiary alicyclic amines) is 1. The number of ether oxygens (including phenoxy) is 1. The number of carbonyl (C=O) groups excluding carboxylic acids is 3. The molecular formula is C24H34N4O5. The van der Waals surface area contributed by atoms with Crippen LogP contribution in [0.2, 0.25) is 0 Å². The van der Waals surface area contributed by atoms with Crippen molar-refractivity contribution in [3.63, 3.8) is 0 Å². The minimum atomic E-state index is -0.720. The van der Waals surface area contributed by atoms with E-state index in [0.29, 0.717) is 39.0 Å². The summed E-state index contributed by atoms with van der Waals surface area (Å²) >= 11 is 0. The van der Waals surface area contributed by atoms with Gasteiger partial charge in [0.2, 0.25) is 11.8 Å². The second-order valence-electron chi connectivity index (χ2n) is 9.20. The van der Waals surface area contributed by atoms with Gasteiger partial charge < -0.3 is 19.4 Å². The fraction of sp³-hybridized carbons (Fsp3) is 0.625. The second kappa shape index (κ2) is 10.9. The van der Waals surface area contributed by atoms with Gasteiger partial charge in [-0.1, -0.05) is 18.2 Å². The van der Waals surface area contributed by atoms with Gasteiger partial charge in [-0.25, -0.2) is 10.3 Å². The molecule has 3 unspecified atom stereocenters. The largest absolute Gasteiger partial charge is 0.446 e. The Morgan fingerprint density at radius 3 is 2.21 bits per heavy atom. The van der Waals surface area contributed by atoms with Crippen LogP contribution in [0.4, 0.5) is 10.5 Å². The van der Waals surface area contributed by atoms with Crippen LogP contribution in [0.15, 0.2) is 30.3 Å². The maximum absolute atomic E-state index is 13.3. The van der Waals surface area contributed by atoms with E-state index in [2.05, 4.69) is 17.0 Å². The highest BCUT2D eigenvalue weighted by Crippen LogP contribution is 2.34. The number of hydrogen-bond donors (Lipinski definition) is 2. The van der Waals surface area contributed by atoms with Crippen molar-refractivity contribution in [2.45, 2.75) is 44.6 Å². The first-order valence-corrected chi connectivity index (χ1v) is 12.0. The smallest absolute Gasteiger partial charge is 0.410 e. The molecule has 9 nitrogen and oxygen atoms in total. The second-order valence-corrected chi connectivity index (χ2v) is 9.20. The third-order valence-corrected chi connectivity index (χ3v) is 7.16. The maximum Gasteiger partial charge on any atom is 0.410 e. The molecule has 3 aliphatic rings. The van der Waals surface area contributed by atoms with E-state index in [1.54, 1.807) is 10.4 Å². The fourth-order valence-corrected chi connectivity index (χ4v) is 5.26. The average Bonchev–Trinajstić information content (AvgIpc) is 2.89. The number of benzene rings is 1. The van der Waals surface area contributed by atoms with E-state index in [-0.39, 0.29) is 18.4 Å². The summed E-state index contributed by atoms with van der Waals surface area (Å²) in [7, 11) is 0. The van der Waals surface area contributed by atoms with Crippen LogP contribution in [0.3, 0.4) is 0 Å². The zero-order valence-corrected chi connectivity index (χ0v) is 19.0. The summed E-state index contributed by atoms with van der Waals surface area (Å²) in [5.74, 6) is -1.89. The van der Waals surface area contributed by atoms with Gasteiger partial charge in [0.1, 0.15) is 6.10 Å². The molecular weight excluding hydrogens is 424 g/mol. The van der Waals surface area contributed by atoms with Crippen LogP contribution in [0.5, 0.6) is 0 Å². The highest BCUT2D eigenvalue weighted by Gasteiger charge is 2.42. The lowest BCUT2D eigenvalue weighted by atomic mass is 9.76. The molecule has 2 saturated heterocycles. The Morgan fingerprint density at radius 1 is 0.848 bits per heavy atom. The van der Waals surface area contributed by atoms with Crippen molar-refractivity contribution in [2.24, 2.45) is 11.8 Å². The van der Waals surface area contributed by atoms with Crippen molar-refractivity contribution in [1.82, 2.24) is 15.3 Å². The van der Waals surface area contributed by atoms with Gasteiger partial charge >= 0.3 is 6.09 Å². The molecule has 1 aromatic rings. The molecule has 1 saturated carbocycles. The Morgan fingerprint density at radius 2 is 1.55 bits per heavy atom. The van der Waals surface area contributed by atoms with Gasteiger partial charge in [-0.3, -0.25) is 14.8 Å². The van der Waals surface area contributed by atoms with Crippen LogP contribution >= 0.6 is 0 Å². The number of amides is 3. The van der Waals surface area contributed by atoms with Crippen molar-refractivity contribution in [3.8, 4) is 0 Å². The number of rotatable bonds is 4. The van der Waals surface area contributed by atoms with Crippen LogP contribution in [0.1, 0.15) is 38.5 Å². The van der Waals surface area contributed by atoms with Gasteiger partial charge in [-0.15, -0.1) is 0 Å². The SMILES string of the molecule is O=C(NO)C1CC(OC(=O)N2CCCCC2)CCC1C(=O)N1CCN(c2ccccc2)CC1. The number of piperidine rings is 1. The molecule has 3 amide bonds. The van der Waals surface area contributed by atoms with E-state index in [1.165, 1.54) is 0 Å². The van der Waals surface area contributed by atoms with Crippen LogP contribution in [-0.2, 0) is 14.3 Å². The van der Waals surface area contributed by atoms with E-state index in [4.69, 9.17) is 4.74 Å². The zero-order chi connectivity index (χ0) is 23.2. The summed E-state index contributed by atoms with van der Waals surface area (Å²) in [4.78, 5) is 44.1. The number of piperazine rings is 1. The number of hydrogen-bond acceptors (Lipinski definition) is 6. The Balaban J connectivity index is 1.34. The zero-order valence-electron chi connectivity index (χ0n) is 19.0. The Labute approximate surface area is 194 Å². The van der Waals surface area contributed by atoms with Crippen molar-refractivity contribution in [1.29, 1.82) is 0 Å². The van der Waals surface area contributed by atoms with Crippen LogP contribution in [-0.4, -0.2) is 78.3 Å². The molecule has 2 N–H and O–H groups in total. The Kier molecular flexibility index (Phi) is 7.69. The molecule has 9 heteroatoms. The van der Waals surface area contributed by atoms with Gasteiger partial charge in [-0.05, 0) is 50.7 Å². The van der Waals surface area contributed by atoms with Gasteiger partial charge in [0, 0.05) is 45.0 Å². The standard InChI is InChI=1S/C24H34N4O5/c29-22(25-32)21-17-19(33-24(31)28-11-5-2-6-12-28)9-10-20(21)23(30)27-15-13-26(14-16-27)18-7-3-1-4-8-18/h1,3-4,7-8,19-21,32H,2,5-6,9-17H2,(H,25,29). The van der Waals surface area contributed by atoms with Crippen molar-refractivity contribution in [3.05, 3.63) is 30.3 Å². The normalized spacial score (nSPS) is 26.0.